The minimum atomic E-state index is 0.134. The lowest BCUT2D eigenvalue weighted by Crippen LogP contribution is -1.86. The van der Waals surface area contributed by atoms with Crippen LogP contribution in [0.5, 0.6) is 0 Å². The Hall–Kier alpha value is -1.08. The second-order valence-corrected chi connectivity index (χ2v) is 3.14. The van der Waals surface area contributed by atoms with Gasteiger partial charge >= 0.3 is 0 Å². The Morgan fingerprint density at radius 2 is 1.59 bits per heavy atom. The second kappa shape index (κ2) is 13.0. The zero-order valence-corrected chi connectivity index (χ0v) is 12.2. The monoisotopic (exact) mass is 254 g/mol. The molecule has 1 aromatic carbocycles. The molecule has 0 saturated heterocycles. The van der Waals surface area contributed by atoms with Crippen LogP contribution < -0.4 is 0 Å². The lowest BCUT2D eigenvalue weighted by atomic mass is 10.2. The van der Waals surface area contributed by atoms with Crippen LogP contribution in [0.15, 0.2) is 30.3 Å². The van der Waals surface area contributed by atoms with Gasteiger partial charge in [0.25, 0.3) is 0 Å². The summed E-state index contributed by atoms with van der Waals surface area (Å²) in [6, 6.07) is 7.36. The van der Waals surface area contributed by atoms with Gasteiger partial charge in [0.1, 0.15) is 0 Å². The van der Waals surface area contributed by atoms with Crippen molar-refractivity contribution in [1.82, 2.24) is 0 Å². The fraction of sp³-hybridized carbons (Fsp3) is 0.400. The molecule has 0 atom stereocenters. The minimum Gasteiger partial charge on any atom is -0.295 e. The van der Waals surface area contributed by atoms with Gasteiger partial charge in [-0.05, 0) is 23.8 Å². The molecular formula is C15H23ClO. The summed E-state index contributed by atoms with van der Waals surface area (Å²) >= 11 is 5.71. The molecule has 0 aromatic heterocycles. The van der Waals surface area contributed by atoms with Crippen LogP contribution >= 0.6 is 11.6 Å². The van der Waals surface area contributed by atoms with Crippen LogP contribution in [-0.4, -0.2) is 5.78 Å². The highest BCUT2D eigenvalue weighted by molar-refractivity contribution is 6.30. The molecule has 0 saturated carbocycles. The van der Waals surface area contributed by atoms with Crippen molar-refractivity contribution in [2.75, 3.05) is 0 Å². The third-order valence-electron chi connectivity index (χ3n) is 1.68. The third-order valence-corrected chi connectivity index (χ3v) is 1.93. The highest BCUT2D eigenvalue weighted by Crippen LogP contribution is 2.10. The molecular weight excluding hydrogens is 232 g/mol. The molecule has 0 unspecified atom stereocenters. The predicted octanol–water partition coefficient (Wildman–Crippen LogP) is 5.38. The molecule has 0 spiro atoms. The van der Waals surface area contributed by atoms with E-state index in [1.807, 2.05) is 46.8 Å². The van der Waals surface area contributed by atoms with Gasteiger partial charge in [0.2, 0.25) is 0 Å². The van der Waals surface area contributed by atoms with E-state index < -0.39 is 0 Å². The molecule has 0 aliphatic rings. The normalized spacial score (nSPS) is 8.82. The summed E-state index contributed by atoms with van der Waals surface area (Å²) in [5, 5.41) is 0.707. The Kier molecular flexibility index (Phi) is 14.0. The van der Waals surface area contributed by atoms with Gasteiger partial charge < -0.3 is 0 Å². The number of halogens is 1. The van der Waals surface area contributed by atoms with Gasteiger partial charge in [-0.15, -0.1) is 0 Å². The van der Waals surface area contributed by atoms with Crippen LogP contribution in [0.3, 0.4) is 0 Å². The van der Waals surface area contributed by atoms with Crippen molar-refractivity contribution in [2.24, 2.45) is 0 Å². The first-order chi connectivity index (χ1) is 8.22. The molecule has 0 radical (unpaired) electrons. The molecule has 2 heteroatoms. The van der Waals surface area contributed by atoms with Crippen LogP contribution in [0, 0.1) is 0 Å². The summed E-state index contributed by atoms with van der Waals surface area (Å²) in [7, 11) is 0. The number of hydrogen-bond donors (Lipinski definition) is 0. The summed E-state index contributed by atoms with van der Waals surface area (Å²) in [4.78, 5) is 10.9. The molecule has 17 heavy (non-hydrogen) atoms. The van der Waals surface area contributed by atoms with E-state index >= 15 is 0 Å². The number of rotatable bonds is 3. The van der Waals surface area contributed by atoms with Crippen molar-refractivity contribution in [2.45, 2.75) is 41.0 Å². The van der Waals surface area contributed by atoms with E-state index in [0.29, 0.717) is 11.4 Å². The maximum atomic E-state index is 10.9. The Morgan fingerprint density at radius 1 is 1.12 bits per heavy atom. The average molecular weight is 255 g/mol. The van der Waals surface area contributed by atoms with Crippen molar-refractivity contribution in [3.63, 3.8) is 0 Å². The van der Waals surface area contributed by atoms with Crippen LogP contribution in [0.2, 0.25) is 5.02 Å². The maximum Gasteiger partial charge on any atom is 0.155 e. The van der Waals surface area contributed by atoms with E-state index in [1.165, 1.54) is 0 Å². The quantitative estimate of drug-likeness (QED) is 0.662. The van der Waals surface area contributed by atoms with Crippen LogP contribution in [0.1, 0.15) is 46.6 Å². The molecule has 1 aromatic rings. The van der Waals surface area contributed by atoms with Crippen molar-refractivity contribution in [3.05, 3.63) is 40.9 Å². The van der Waals surface area contributed by atoms with Gasteiger partial charge in [-0.1, -0.05) is 64.4 Å². The first kappa shape index (κ1) is 18.3. The molecule has 0 bridgehead atoms. The summed E-state index contributed by atoms with van der Waals surface area (Å²) in [5.74, 6) is 0.134. The van der Waals surface area contributed by atoms with Gasteiger partial charge in [-0.2, -0.15) is 0 Å². The van der Waals surface area contributed by atoms with E-state index in [9.17, 15) is 4.79 Å². The number of hydrogen-bond acceptors (Lipinski definition) is 1. The molecule has 1 rings (SSSR count). The summed E-state index contributed by atoms with van der Waals surface area (Å²) in [5.41, 5.74) is 0.992. The van der Waals surface area contributed by atoms with Crippen LogP contribution in [-0.2, 0) is 4.79 Å². The van der Waals surface area contributed by atoms with E-state index in [1.54, 1.807) is 24.3 Å². The Morgan fingerprint density at radius 3 is 2.00 bits per heavy atom. The number of allylic oxidation sites excluding steroid dienone is 1. The van der Waals surface area contributed by atoms with Crippen LogP contribution in [0.25, 0.3) is 6.08 Å². The van der Waals surface area contributed by atoms with Gasteiger partial charge in [-0.3, -0.25) is 4.79 Å². The van der Waals surface area contributed by atoms with Gasteiger partial charge in [0, 0.05) is 11.4 Å². The molecule has 0 heterocycles. The molecule has 96 valence electrons. The minimum absolute atomic E-state index is 0.134. The lowest BCUT2D eigenvalue weighted by molar-refractivity contribution is -0.114. The third kappa shape index (κ3) is 9.83. The molecule has 0 aliphatic carbocycles. The zero-order valence-electron chi connectivity index (χ0n) is 11.5. The number of benzene rings is 1. The van der Waals surface area contributed by atoms with Crippen molar-refractivity contribution < 1.29 is 4.79 Å². The number of carbonyl (C=O) groups excluding carboxylic acids is 1. The van der Waals surface area contributed by atoms with E-state index in [2.05, 4.69) is 0 Å². The highest BCUT2D eigenvalue weighted by Gasteiger charge is 1.90. The smallest absolute Gasteiger partial charge is 0.155 e. The maximum absolute atomic E-state index is 10.9. The summed E-state index contributed by atoms with van der Waals surface area (Å²) in [6.45, 7) is 9.84. The van der Waals surface area contributed by atoms with Gasteiger partial charge in [0.15, 0.2) is 5.78 Å². The first-order valence-corrected chi connectivity index (χ1v) is 6.56. The van der Waals surface area contributed by atoms with E-state index in [0.717, 1.165) is 5.56 Å². The van der Waals surface area contributed by atoms with Crippen LogP contribution in [0.4, 0.5) is 0 Å². The standard InChI is InChI=1S/C11H11ClO.2C2H6/c1-2-11(13)8-5-9-3-6-10(12)7-4-9;2*1-2/h3-8H,2H2,1H3;2*1-2H3/b8-5+;;. The van der Waals surface area contributed by atoms with Crippen molar-refractivity contribution in [3.8, 4) is 0 Å². The zero-order chi connectivity index (χ0) is 13.7. The van der Waals surface area contributed by atoms with E-state index in [-0.39, 0.29) is 5.78 Å². The van der Waals surface area contributed by atoms with Gasteiger partial charge in [0.05, 0.1) is 0 Å². The fourth-order valence-electron chi connectivity index (χ4n) is 0.881. The molecule has 0 amide bonds. The number of ketones is 1. The van der Waals surface area contributed by atoms with Crippen molar-refractivity contribution in [1.29, 1.82) is 0 Å². The summed E-state index contributed by atoms with van der Waals surface area (Å²) in [6.07, 6.45) is 3.93. The fourth-order valence-corrected chi connectivity index (χ4v) is 1.01. The topological polar surface area (TPSA) is 17.1 Å². The average Bonchev–Trinajstić information content (AvgIpc) is 2.42. The lowest BCUT2D eigenvalue weighted by Gasteiger charge is -1.92. The predicted molar refractivity (Wildman–Crippen MR) is 78.5 cm³/mol. The largest absolute Gasteiger partial charge is 0.295 e. The Bertz CT molecular complexity index is 312. The molecule has 0 fully saturated rings. The highest BCUT2D eigenvalue weighted by atomic mass is 35.5. The Labute approximate surface area is 111 Å². The summed E-state index contributed by atoms with van der Waals surface area (Å²) < 4.78 is 0. The molecule has 0 N–H and O–H groups in total. The van der Waals surface area contributed by atoms with E-state index in [4.69, 9.17) is 11.6 Å². The van der Waals surface area contributed by atoms with Crippen molar-refractivity contribution >= 4 is 23.5 Å². The molecule has 0 aliphatic heterocycles. The Balaban J connectivity index is 0. The second-order valence-electron chi connectivity index (χ2n) is 2.70. The molecule has 1 nitrogen and oxygen atoms in total. The first-order valence-electron chi connectivity index (χ1n) is 6.19. The van der Waals surface area contributed by atoms with Gasteiger partial charge in [-0.25, -0.2) is 0 Å². The number of carbonyl (C=O) groups is 1. The SMILES string of the molecule is CC.CC.CCC(=O)/C=C/c1ccc(Cl)cc1.